The lowest BCUT2D eigenvalue weighted by Gasteiger charge is -2.31. The van der Waals surface area contributed by atoms with Gasteiger partial charge in [-0.15, -0.1) is 0 Å². The number of hydrogen-bond acceptors (Lipinski definition) is 7. The molecule has 0 radical (unpaired) electrons. The number of esters is 1. The van der Waals surface area contributed by atoms with Gasteiger partial charge in [-0.25, -0.2) is 4.79 Å². The van der Waals surface area contributed by atoms with Gasteiger partial charge < -0.3 is 36.3 Å². The molecule has 0 aromatic heterocycles. The van der Waals surface area contributed by atoms with Crippen molar-refractivity contribution in [2.45, 2.75) is 70.9 Å². The molecule has 0 unspecified atom stereocenters. The van der Waals surface area contributed by atoms with Crippen molar-refractivity contribution in [3.8, 4) is 0 Å². The third kappa shape index (κ3) is 10.4. The Morgan fingerprint density at radius 3 is 2.63 bits per heavy atom. The van der Waals surface area contributed by atoms with Gasteiger partial charge in [0.15, 0.2) is 0 Å². The number of urea groups is 1. The van der Waals surface area contributed by atoms with Crippen molar-refractivity contribution in [3.63, 3.8) is 0 Å². The lowest BCUT2D eigenvalue weighted by Crippen LogP contribution is -2.54. The molecule has 1 aliphatic carbocycles. The van der Waals surface area contributed by atoms with E-state index in [1.807, 2.05) is 11.8 Å². The van der Waals surface area contributed by atoms with E-state index < -0.39 is 23.9 Å². The Labute approximate surface area is 207 Å². The fourth-order valence-corrected chi connectivity index (χ4v) is 4.09. The molecule has 1 heterocycles. The zero-order valence-corrected chi connectivity index (χ0v) is 21.0. The van der Waals surface area contributed by atoms with Crippen molar-refractivity contribution in [3.05, 3.63) is 0 Å². The van der Waals surface area contributed by atoms with Gasteiger partial charge in [-0.3, -0.25) is 14.4 Å². The van der Waals surface area contributed by atoms with Crippen LogP contribution in [0.2, 0.25) is 0 Å². The second kappa shape index (κ2) is 15.0. The van der Waals surface area contributed by atoms with E-state index in [1.54, 1.807) is 13.3 Å². The highest BCUT2D eigenvalue weighted by atomic mass is 16.5. The number of carbonyl (C=O) groups excluding carboxylic acids is 4. The van der Waals surface area contributed by atoms with Gasteiger partial charge >= 0.3 is 12.0 Å². The molecule has 1 saturated heterocycles. The Kier molecular flexibility index (Phi) is 12.1. The van der Waals surface area contributed by atoms with Gasteiger partial charge in [0.2, 0.25) is 11.8 Å². The summed E-state index contributed by atoms with van der Waals surface area (Å²) in [6.07, 6.45) is 6.58. The first-order valence-corrected chi connectivity index (χ1v) is 12.6. The van der Waals surface area contributed by atoms with Crippen molar-refractivity contribution >= 4 is 30.2 Å². The van der Waals surface area contributed by atoms with Gasteiger partial charge in [-0.2, -0.15) is 5.10 Å². The summed E-state index contributed by atoms with van der Waals surface area (Å²) < 4.78 is 5.01. The molecular formula is C23H41N7O5. The molecule has 0 aromatic carbocycles. The van der Waals surface area contributed by atoms with Crippen LogP contribution >= 0.6 is 0 Å². The van der Waals surface area contributed by atoms with Crippen LogP contribution < -0.4 is 21.8 Å². The third-order valence-electron chi connectivity index (χ3n) is 6.05. The van der Waals surface area contributed by atoms with Crippen LogP contribution in [0.1, 0.15) is 58.8 Å². The molecule has 198 valence electrons. The second-order valence-corrected chi connectivity index (χ2v) is 9.08. The quantitative estimate of drug-likeness (QED) is 0.0666. The van der Waals surface area contributed by atoms with Crippen molar-refractivity contribution in [2.24, 2.45) is 16.9 Å². The Morgan fingerprint density at radius 1 is 1.20 bits per heavy atom. The summed E-state index contributed by atoms with van der Waals surface area (Å²) in [5.41, 5.74) is 0. The molecule has 2 aliphatic rings. The Bertz CT molecular complexity index is 744. The third-order valence-corrected chi connectivity index (χ3v) is 6.05. The Hall–Kier alpha value is -3.05. The normalized spacial score (nSPS) is 18.6. The zero-order valence-electron chi connectivity index (χ0n) is 21.0. The molecule has 0 spiro atoms. The summed E-state index contributed by atoms with van der Waals surface area (Å²) in [5.74, 6) is 4.17. The highest BCUT2D eigenvalue weighted by molar-refractivity contribution is 5.93. The first-order chi connectivity index (χ1) is 16.9. The fourth-order valence-electron chi connectivity index (χ4n) is 4.09. The Balaban J connectivity index is 1.99. The van der Waals surface area contributed by atoms with E-state index in [0.29, 0.717) is 13.1 Å². The van der Waals surface area contributed by atoms with Crippen LogP contribution in [0.4, 0.5) is 4.79 Å². The number of nitrogens with two attached hydrogens (primary N) is 1. The summed E-state index contributed by atoms with van der Waals surface area (Å²) in [6.45, 7) is 6.24. The van der Waals surface area contributed by atoms with E-state index >= 15 is 0 Å². The molecule has 2 atom stereocenters. The maximum absolute atomic E-state index is 13.3. The van der Waals surface area contributed by atoms with Crippen LogP contribution in [-0.4, -0.2) is 91.4 Å². The highest BCUT2D eigenvalue weighted by Crippen LogP contribution is 2.27. The van der Waals surface area contributed by atoms with E-state index in [1.165, 1.54) is 4.90 Å². The molecule has 12 nitrogen and oxygen atoms in total. The van der Waals surface area contributed by atoms with Gasteiger partial charge in [0.1, 0.15) is 18.9 Å². The van der Waals surface area contributed by atoms with Crippen LogP contribution in [0.15, 0.2) is 5.10 Å². The molecule has 12 heteroatoms. The maximum Gasteiger partial charge on any atom is 0.325 e. The molecule has 2 fully saturated rings. The van der Waals surface area contributed by atoms with E-state index in [4.69, 9.17) is 10.6 Å². The number of hydrogen-bond donors (Lipinski definition) is 4. The van der Waals surface area contributed by atoms with Crippen LogP contribution in [0.5, 0.6) is 0 Å². The van der Waals surface area contributed by atoms with Crippen LogP contribution in [-0.2, 0) is 19.1 Å². The summed E-state index contributed by atoms with van der Waals surface area (Å²) in [5, 5.41) is 11.8. The van der Waals surface area contributed by atoms with Crippen molar-refractivity contribution in [2.75, 3.05) is 39.3 Å². The topological polar surface area (TPSA) is 158 Å². The van der Waals surface area contributed by atoms with E-state index in [-0.39, 0.29) is 37.4 Å². The molecule has 5 N–H and O–H groups in total. The van der Waals surface area contributed by atoms with Gasteiger partial charge in [0.25, 0.3) is 0 Å². The summed E-state index contributed by atoms with van der Waals surface area (Å²) >= 11 is 0. The number of nitrogens with one attached hydrogen (secondary N) is 3. The number of carbonyl (C=O) groups is 4. The molecule has 2 rings (SSSR count). The summed E-state index contributed by atoms with van der Waals surface area (Å²) in [4.78, 5) is 54.0. The maximum atomic E-state index is 13.3. The fraction of sp³-hybridized carbons (Fsp3) is 0.783. The smallest absolute Gasteiger partial charge is 0.325 e. The number of piperidine rings is 1. The van der Waals surface area contributed by atoms with Crippen molar-refractivity contribution in [1.82, 2.24) is 25.8 Å². The van der Waals surface area contributed by atoms with Gasteiger partial charge in [-0.05, 0) is 44.9 Å². The van der Waals surface area contributed by atoms with Crippen LogP contribution in [0, 0.1) is 5.92 Å². The molecule has 4 amide bonds. The van der Waals surface area contributed by atoms with Crippen LogP contribution in [0.25, 0.3) is 0 Å². The highest BCUT2D eigenvalue weighted by Gasteiger charge is 2.38. The van der Waals surface area contributed by atoms with Crippen molar-refractivity contribution in [1.29, 1.82) is 0 Å². The standard InChI is InChI=1S/C23H41N7O5/c1-3-5-10-25-23(34)28-19(22(33)30(18-8-9-18)15-21(32)35-4-2)12-20(31)26-13-17-7-6-11-29(14-17)16-27-24/h16-19H,3-15,24H2,1-2H3,(H,26,31)(H2,25,28,34)/t17-,19-/m0/s1. The molecular weight excluding hydrogens is 454 g/mol. The van der Waals surface area contributed by atoms with Gasteiger partial charge in [0, 0.05) is 32.2 Å². The minimum absolute atomic E-state index is 0.0835. The zero-order chi connectivity index (χ0) is 25.6. The predicted molar refractivity (Wildman–Crippen MR) is 131 cm³/mol. The lowest BCUT2D eigenvalue weighted by atomic mass is 9.98. The van der Waals surface area contributed by atoms with Crippen LogP contribution in [0.3, 0.4) is 0 Å². The second-order valence-electron chi connectivity index (χ2n) is 9.08. The lowest BCUT2D eigenvalue weighted by molar-refractivity contribution is -0.150. The molecule has 0 aromatic rings. The number of rotatable bonds is 14. The monoisotopic (exact) mass is 495 g/mol. The average molecular weight is 496 g/mol. The van der Waals surface area contributed by atoms with Crippen molar-refractivity contribution < 1.29 is 23.9 Å². The van der Waals surface area contributed by atoms with E-state index in [0.717, 1.165) is 51.6 Å². The first-order valence-electron chi connectivity index (χ1n) is 12.6. The number of nitrogens with zero attached hydrogens (tertiary/aromatic N) is 3. The molecule has 1 aliphatic heterocycles. The predicted octanol–water partition coefficient (Wildman–Crippen LogP) is 0.129. The molecule has 0 bridgehead atoms. The number of likely N-dealkylation sites (tertiary alicyclic amines) is 1. The number of hydrazone groups is 1. The summed E-state index contributed by atoms with van der Waals surface area (Å²) in [7, 11) is 0. The minimum Gasteiger partial charge on any atom is -0.465 e. The Morgan fingerprint density at radius 2 is 1.97 bits per heavy atom. The largest absolute Gasteiger partial charge is 0.465 e. The first kappa shape index (κ1) is 28.2. The SMILES string of the molecule is CCCCNC(=O)N[C@@H](CC(=O)NC[C@@H]1CCCN(C=NN)C1)C(=O)N(CC(=O)OCC)C1CC1. The number of ether oxygens (including phenoxy) is 1. The summed E-state index contributed by atoms with van der Waals surface area (Å²) in [6, 6.07) is -1.68. The number of amides is 4. The van der Waals surface area contributed by atoms with Gasteiger partial charge in [0.05, 0.1) is 13.0 Å². The number of unbranched alkanes of at least 4 members (excludes halogenated alkanes) is 1. The van der Waals surface area contributed by atoms with E-state index in [9.17, 15) is 19.2 Å². The molecule has 35 heavy (non-hydrogen) atoms. The van der Waals surface area contributed by atoms with Gasteiger partial charge in [-0.1, -0.05) is 13.3 Å². The average Bonchev–Trinajstić information content (AvgIpc) is 3.67. The minimum atomic E-state index is -1.08. The molecule has 1 saturated carbocycles. The van der Waals surface area contributed by atoms with E-state index in [2.05, 4.69) is 21.1 Å².